The highest BCUT2D eigenvalue weighted by molar-refractivity contribution is 5.86. The smallest absolute Gasteiger partial charge is 0.333 e. The lowest BCUT2D eigenvalue weighted by atomic mass is 10.3. The topological polar surface area (TPSA) is 54.0 Å². The number of carbonyl (C=O) groups is 1. The van der Waals surface area contributed by atoms with Crippen LogP contribution in [0.3, 0.4) is 0 Å². The molecule has 25 heavy (non-hydrogen) atoms. The van der Waals surface area contributed by atoms with Gasteiger partial charge in [-0.25, -0.2) is 4.79 Å². The Morgan fingerprint density at radius 3 is 1.92 bits per heavy atom. The summed E-state index contributed by atoms with van der Waals surface area (Å²) in [4.78, 5) is 11.3. The predicted octanol–water partition coefficient (Wildman–Crippen LogP) is 3.61. The lowest BCUT2D eigenvalue weighted by Crippen LogP contribution is -2.30. The summed E-state index contributed by atoms with van der Waals surface area (Å²) in [5.74, 6) is 0.933. The number of ether oxygens (including phenoxy) is 4. The Bertz CT molecular complexity index is 613. The second-order valence-electron chi connectivity index (χ2n) is 5.28. The van der Waals surface area contributed by atoms with E-state index >= 15 is 0 Å². The minimum atomic E-state index is -0.623. The van der Waals surface area contributed by atoms with Crippen LogP contribution in [0.2, 0.25) is 0 Å². The van der Waals surface area contributed by atoms with Crippen molar-refractivity contribution in [1.29, 1.82) is 0 Å². The van der Waals surface area contributed by atoms with Gasteiger partial charge in [0.05, 0.1) is 6.61 Å². The number of hydrogen-bond donors (Lipinski definition) is 0. The molecule has 0 saturated carbocycles. The zero-order chi connectivity index (χ0) is 17.9. The van der Waals surface area contributed by atoms with E-state index in [1.807, 2.05) is 60.7 Å². The molecule has 0 amide bonds. The highest BCUT2D eigenvalue weighted by atomic mass is 16.7. The first-order valence-electron chi connectivity index (χ1n) is 7.99. The van der Waals surface area contributed by atoms with Crippen LogP contribution in [0, 0.1) is 0 Å². The fourth-order valence-corrected chi connectivity index (χ4v) is 1.89. The molecule has 0 radical (unpaired) electrons. The first-order chi connectivity index (χ1) is 12.1. The van der Waals surface area contributed by atoms with Crippen molar-refractivity contribution < 1.29 is 23.7 Å². The average molecular weight is 342 g/mol. The second kappa shape index (κ2) is 10.2. The van der Waals surface area contributed by atoms with Gasteiger partial charge >= 0.3 is 5.97 Å². The Kier molecular flexibility index (Phi) is 7.53. The first-order valence-corrected chi connectivity index (χ1v) is 7.99. The van der Waals surface area contributed by atoms with Crippen molar-refractivity contribution in [2.45, 2.75) is 13.2 Å². The molecule has 132 valence electrons. The van der Waals surface area contributed by atoms with Crippen molar-refractivity contribution >= 4 is 5.97 Å². The molecule has 0 bridgehead atoms. The summed E-state index contributed by atoms with van der Waals surface area (Å²) in [6.45, 7) is 5.70. The van der Waals surface area contributed by atoms with E-state index in [4.69, 9.17) is 18.9 Å². The molecule has 0 aliphatic heterocycles. The van der Waals surface area contributed by atoms with Crippen LogP contribution in [-0.2, 0) is 14.3 Å². The van der Waals surface area contributed by atoms with Gasteiger partial charge in [-0.2, -0.15) is 0 Å². The standard InChI is InChI=1S/C20H22O5/c1-16(2)20(21)23-14-13-22-15-19(24-17-9-5-3-6-10-17)25-18-11-7-4-8-12-18/h3-12,19H,1,13-15H2,2H3. The summed E-state index contributed by atoms with van der Waals surface area (Å²) in [5, 5.41) is 0. The van der Waals surface area contributed by atoms with Gasteiger partial charge in [0.1, 0.15) is 24.7 Å². The van der Waals surface area contributed by atoms with Gasteiger partial charge < -0.3 is 18.9 Å². The average Bonchev–Trinajstić information content (AvgIpc) is 2.62. The summed E-state index contributed by atoms with van der Waals surface area (Å²) in [5.41, 5.74) is 0.359. The molecule has 5 heteroatoms. The maximum atomic E-state index is 11.3. The fraction of sp³-hybridized carbons (Fsp3) is 0.250. The quantitative estimate of drug-likeness (QED) is 0.286. The summed E-state index contributed by atoms with van der Waals surface area (Å²) in [7, 11) is 0. The molecule has 0 aliphatic carbocycles. The van der Waals surface area contributed by atoms with Crippen LogP contribution >= 0.6 is 0 Å². The molecular formula is C20H22O5. The fourth-order valence-electron chi connectivity index (χ4n) is 1.89. The van der Waals surface area contributed by atoms with Crippen molar-refractivity contribution in [2.24, 2.45) is 0 Å². The maximum Gasteiger partial charge on any atom is 0.333 e. The van der Waals surface area contributed by atoms with Gasteiger partial charge in [0.25, 0.3) is 6.29 Å². The third kappa shape index (κ3) is 7.10. The van der Waals surface area contributed by atoms with E-state index in [-0.39, 0.29) is 19.8 Å². The van der Waals surface area contributed by atoms with Gasteiger partial charge in [-0.1, -0.05) is 43.0 Å². The third-order valence-corrected chi connectivity index (χ3v) is 3.08. The molecule has 0 heterocycles. The van der Waals surface area contributed by atoms with Gasteiger partial charge in [0.2, 0.25) is 0 Å². The Balaban J connectivity index is 1.84. The summed E-state index contributed by atoms with van der Waals surface area (Å²) in [6, 6.07) is 18.7. The molecule has 2 rings (SSSR count). The number of benzene rings is 2. The summed E-state index contributed by atoms with van der Waals surface area (Å²) < 4.78 is 22.1. The van der Waals surface area contributed by atoms with Gasteiger partial charge in [-0.3, -0.25) is 0 Å². The summed E-state index contributed by atoms with van der Waals surface area (Å²) in [6.07, 6.45) is -0.623. The van der Waals surface area contributed by atoms with Crippen molar-refractivity contribution in [1.82, 2.24) is 0 Å². The van der Waals surface area contributed by atoms with E-state index in [0.717, 1.165) is 0 Å². The van der Waals surface area contributed by atoms with Gasteiger partial charge in [0, 0.05) is 5.57 Å². The van der Waals surface area contributed by atoms with Crippen molar-refractivity contribution in [2.75, 3.05) is 19.8 Å². The van der Waals surface area contributed by atoms with Crippen LogP contribution in [0.1, 0.15) is 6.92 Å². The van der Waals surface area contributed by atoms with Gasteiger partial charge in [-0.05, 0) is 31.2 Å². The van der Waals surface area contributed by atoms with Crippen LogP contribution in [0.25, 0.3) is 0 Å². The largest absolute Gasteiger partial charge is 0.460 e. The third-order valence-electron chi connectivity index (χ3n) is 3.08. The molecule has 0 N–H and O–H groups in total. The molecule has 0 spiro atoms. The summed E-state index contributed by atoms with van der Waals surface area (Å²) >= 11 is 0. The number of esters is 1. The van der Waals surface area contributed by atoms with E-state index in [0.29, 0.717) is 17.1 Å². The zero-order valence-electron chi connectivity index (χ0n) is 14.2. The first kappa shape index (κ1) is 18.5. The Morgan fingerprint density at radius 2 is 1.44 bits per heavy atom. The van der Waals surface area contributed by atoms with E-state index in [2.05, 4.69) is 6.58 Å². The maximum absolute atomic E-state index is 11.3. The number of para-hydroxylation sites is 2. The van der Waals surface area contributed by atoms with Gasteiger partial charge in [0.15, 0.2) is 0 Å². The van der Waals surface area contributed by atoms with E-state index in [1.54, 1.807) is 6.92 Å². The highest BCUT2D eigenvalue weighted by Gasteiger charge is 2.13. The molecule has 0 saturated heterocycles. The number of rotatable bonds is 10. The zero-order valence-corrected chi connectivity index (χ0v) is 14.2. The molecule has 2 aromatic rings. The number of carbonyl (C=O) groups excluding carboxylic acids is 1. The molecule has 0 aliphatic rings. The van der Waals surface area contributed by atoms with E-state index < -0.39 is 12.3 Å². The molecule has 0 atom stereocenters. The second-order valence-corrected chi connectivity index (χ2v) is 5.28. The monoisotopic (exact) mass is 342 g/mol. The van der Waals surface area contributed by atoms with E-state index in [1.165, 1.54) is 0 Å². The molecule has 5 nitrogen and oxygen atoms in total. The number of hydrogen-bond acceptors (Lipinski definition) is 5. The molecule has 0 aromatic heterocycles. The Hall–Kier alpha value is -2.79. The SMILES string of the molecule is C=C(C)C(=O)OCCOCC(Oc1ccccc1)Oc1ccccc1. The predicted molar refractivity (Wildman–Crippen MR) is 94.5 cm³/mol. The normalized spacial score (nSPS) is 10.3. The van der Waals surface area contributed by atoms with Gasteiger partial charge in [-0.15, -0.1) is 0 Å². The van der Waals surface area contributed by atoms with Crippen LogP contribution in [0.4, 0.5) is 0 Å². The van der Waals surface area contributed by atoms with Crippen LogP contribution in [0.5, 0.6) is 11.5 Å². The lowest BCUT2D eigenvalue weighted by Gasteiger charge is -2.20. The minimum absolute atomic E-state index is 0.148. The lowest BCUT2D eigenvalue weighted by molar-refractivity contribution is -0.141. The van der Waals surface area contributed by atoms with Crippen LogP contribution in [-0.4, -0.2) is 32.1 Å². The van der Waals surface area contributed by atoms with Crippen molar-refractivity contribution in [3.8, 4) is 11.5 Å². The molecule has 0 fully saturated rings. The Labute approximate surface area is 147 Å². The van der Waals surface area contributed by atoms with E-state index in [9.17, 15) is 4.79 Å². The van der Waals surface area contributed by atoms with Crippen LogP contribution in [0.15, 0.2) is 72.8 Å². The molecule has 0 unspecified atom stereocenters. The molecule has 2 aromatic carbocycles. The molecular weight excluding hydrogens is 320 g/mol. The van der Waals surface area contributed by atoms with Crippen molar-refractivity contribution in [3.63, 3.8) is 0 Å². The highest BCUT2D eigenvalue weighted by Crippen LogP contribution is 2.16. The minimum Gasteiger partial charge on any atom is -0.460 e. The van der Waals surface area contributed by atoms with Crippen molar-refractivity contribution in [3.05, 3.63) is 72.8 Å². The van der Waals surface area contributed by atoms with Crippen LogP contribution < -0.4 is 9.47 Å². The Morgan fingerprint density at radius 1 is 0.920 bits per heavy atom.